The summed E-state index contributed by atoms with van der Waals surface area (Å²) in [5.74, 6) is 3.04. The van der Waals surface area contributed by atoms with Crippen molar-refractivity contribution in [2.24, 2.45) is 45.6 Å². The number of carbonyl (C=O) groups is 2. The van der Waals surface area contributed by atoms with Crippen LogP contribution in [0.2, 0.25) is 0 Å². The Balaban J connectivity index is 1.13. The third-order valence-electron chi connectivity index (χ3n) is 11.8. The van der Waals surface area contributed by atoms with Crippen molar-refractivity contribution in [1.29, 1.82) is 0 Å². The van der Waals surface area contributed by atoms with Crippen LogP contribution in [0.4, 0.5) is 4.79 Å². The Kier molecular flexibility index (Phi) is 8.36. The summed E-state index contributed by atoms with van der Waals surface area (Å²) in [5, 5.41) is 20.7. The highest BCUT2D eigenvalue weighted by Gasteiger charge is 2.60. The molecule has 8 heteroatoms. The van der Waals surface area contributed by atoms with Crippen molar-refractivity contribution in [3.05, 3.63) is 0 Å². The van der Waals surface area contributed by atoms with Crippen molar-refractivity contribution in [3.63, 3.8) is 0 Å². The van der Waals surface area contributed by atoms with Crippen LogP contribution >= 0.6 is 0 Å². The number of nitrogens with one attached hydrogen (secondary N) is 2. The summed E-state index contributed by atoms with van der Waals surface area (Å²) in [6, 6.07) is -0.301. The van der Waals surface area contributed by atoms with Crippen LogP contribution in [0.15, 0.2) is 5.16 Å². The van der Waals surface area contributed by atoms with Crippen LogP contribution in [0.1, 0.15) is 105 Å². The number of amides is 1. The standard InChI is InChI=1S/C31H51N3O5/c1-18(2)38-28(36)27-11-7-21(33-27)17-32-29(37)39-34-19(3)24-9-10-25-23-8-6-20-16-22(35)12-14-30(20,4)26(23)13-15-31(24,25)5/h18,20-27,33,35H,6-17H2,1-5H3,(H,32,37)/b34-19+/t20-,21?,22-,23+,24-,25+,26+,27?,30+,31-/m1/s1. The molecule has 0 radical (unpaired) electrons. The van der Waals surface area contributed by atoms with Crippen molar-refractivity contribution in [1.82, 2.24) is 10.6 Å². The summed E-state index contributed by atoms with van der Waals surface area (Å²) in [5.41, 5.74) is 1.53. The van der Waals surface area contributed by atoms with Crippen LogP contribution in [0.3, 0.4) is 0 Å². The number of rotatable bonds is 6. The van der Waals surface area contributed by atoms with Gasteiger partial charge in [0.2, 0.25) is 0 Å². The van der Waals surface area contributed by atoms with Gasteiger partial charge in [0, 0.05) is 18.5 Å². The second-order valence-corrected chi connectivity index (χ2v) is 14.2. The zero-order valence-corrected chi connectivity index (χ0v) is 24.7. The molecule has 1 aliphatic heterocycles. The number of hydrogen-bond donors (Lipinski definition) is 3. The maximum absolute atomic E-state index is 12.4. The zero-order chi connectivity index (χ0) is 27.9. The van der Waals surface area contributed by atoms with Crippen LogP contribution in [0.25, 0.3) is 0 Å². The van der Waals surface area contributed by atoms with Crippen molar-refractivity contribution in [2.75, 3.05) is 6.54 Å². The number of aliphatic hydroxyl groups excluding tert-OH is 1. The summed E-state index contributed by atoms with van der Waals surface area (Å²) >= 11 is 0. The summed E-state index contributed by atoms with van der Waals surface area (Å²) < 4.78 is 5.29. The molecule has 4 saturated carbocycles. The Morgan fingerprint density at radius 1 is 1.00 bits per heavy atom. The van der Waals surface area contributed by atoms with Crippen molar-refractivity contribution >= 4 is 17.8 Å². The topological polar surface area (TPSA) is 109 Å². The van der Waals surface area contributed by atoms with E-state index in [4.69, 9.17) is 9.57 Å². The smallest absolute Gasteiger partial charge is 0.433 e. The highest BCUT2D eigenvalue weighted by molar-refractivity contribution is 5.85. The first-order valence-corrected chi connectivity index (χ1v) is 15.6. The van der Waals surface area contributed by atoms with Gasteiger partial charge < -0.3 is 15.2 Å². The van der Waals surface area contributed by atoms with Gasteiger partial charge in [-0.3, -0.25) is 14.9 Å². The molecule has 8 nitrogen and oxygen atoms in total. The molecule has 10 atom stereocenters. The number of nitrogens with zero attached hydrogens (tertiary/aromatic N) is 1. The Bertz CT molecular complexity index is 955. The zero-order valence-electron chi connectivity index (χ0n) is 24.7. The van der Waals surface area contributed by atoms with Gasteiger partial charge >= 0.3 is 12.1 Å². The largest absolute Gasteiger partial charge is 0.462 e. The number of fused-ring (bicyclic) bond motifs is 5. The van der Waals surface area contributed by atoms with E-state index in [-0.39, 0.29) is 35.7 Å². The van der Waals surface area contributed by atoms with Crippen molar-refractivity contribution in [2.45, 2.75) is 130 Å². The highest BCUT2D eigenvalue weighted by atomic mass is 16.7. The highest BCUT2D eigenvalue weighted by Crippen LogP contribution is 2.67. The number of aliphatic hydroxyl groups is 1. The second kappa shape index (κ2) is 11.3. The lowest BCUT2D eigenvalue weighted by Crippen LogP contribution is -2.54. The molecule has 0 aromatic carbocycles. The van der Waals surface area contributed by atoms with Gasteiger partial charge in [0.15, 0.2) is 0 Å². The van der Waals surface area contributed by atoms with Gasteiger partial charge in [-0.25, -0.2) is 4.79 Å². The minimum absolute atomic E-state index is 0.0152. The third-order valence-corrected chi connectivity index (χ3v) is 11.8. The minimum Gasteiger partial charge on any atom is -0.462 e. The van der Waals surface area contributed by atoms with E-state index in [1.165, 1.54) is 38.5 Å². The minimum atomic E-state index is -0.543. The van der Waals surface area contributed by atoms with Crippen LogP contribution in [-0.4, -0.2) is 53.7 Å². The normalized spacial score (nSPS) is 43.8. The molecule has 5 aliphatic rings. The quantitative estimate of drug-likeness (QED) is 0.184. The Hall–Kier alpha value is -1.67. The molecule has 3 N–H and O–H groups in total. The average Bonchev–Trinajstić information content (AvgIpc) is 3.50. The van der Waals surface area contributed by atoms with Gasteiger partial charge in [-0.2, -0.15) is 0 Å². The molecule has 0 aromatic rings. The maximum Gasteiger partial charge on any atom is 0.433 e. The van der Waals surface area contributed by atoms with E-state index in [2.05, 4.69) is 29.6 Å². The SMILES string of the molecule is C/C(=N\OC(=O)NCC1CCC(C(=O)OC(C)C)N1)[C@H]1CC[C@H]2[C@@H]3CC[C@@H]4C[C@H](O)CC[C@]4(C)[C@H]3CC[C@]12C. The predicted octanol–water partition coefficient (Wildman–Crippen LogP) is 5.18. The van der Waals surface area contributed by atoms with Crippen LogP contribution in [-0.2, 0) is 14.4 Å². The number of carbonyl (C=O) groups excluding carboxylic acids is 2. The number of hydrogen-bond acceptors (Lipinski definition) is 7. The fourth-order valence-electron chi connectivity index (χ4n) is 9.82. The van der Waals surface area contributed by atoms with Gasteiger partial charge in [-0.05, 0) is 126 Å². The number of ether oxygens (including phenoxy) is 1. The average molecular weight is 546 g/mol. The molecular formula is C31H51N3O5. The van der Waals surface area contributed by atoms with E-state index in [9.17, 15) is 14.7 Å². The molecule has 4 aliphatic carbocycles. The molecule has 1 heterocycles. The van der Waals surface area contributed by atoms with Gasteiger partial charge in [0.1, 0.15) is 6.04 Å². The monoisotopic (exact) mass is 545 g/mol. The van der Waals surface area contributed by atoms with E-state index >= 15 is 0 Å². The van der Waals surface area contributed by atoms with E-state index in [1.54, 1.807) is 0 Å². The molecule has 0 spiro atoms. The predicted molar refractivity (Wildman–Crippen MR) is 150 cm³/mol. The molecule has 0 bridgehead atoms. The van der Waals surface area contributed by atoms with Crippen molar-refractivity contribution < 1.29 is 24.3 Å². The molecule has 2 unspecified atom stereocenters. The van der Waals surface area contributed by atoms with E-state index in [1.807, 2.05) is 20.8 Å². The lowest BCUT2D eigenvalue weighted by Gasteiger charge is -2.61. The number of esters is 1. The van der Waals surface area contributed by atoms with E-state index in [0.29, 0.717) is 36.1 Å². The molecule has 1 saturated heterocycles. The lowest BCUT2D eigenvalue weighted by molar-refractivity contribution is -0.149. The van der Waals surface area contributed by atoms with Crippen LogP contribution in [0.5, 0.6) is 0 Å². The first kappa shape index (κ1) is 28.8. The molecule has 5 rings (SSSR count). The van der Waals surface area contributed by atoms with Crippen LogP contribution in [0, 0.1) is 40.4 Å². The van der Waals surface area contributed by atoms with Gasteiger partial charge in [0.25, 0.3) is 0 Å². The van der Waals surface area contributed by atoms with Gasteiger partial charge in [0.05, 0.1) is 17.9 Å². The fourth-order valence-corrected chi connectivity index (χ4v) is 9.82. The third kappa shape index (κ3) is 5.61. The first-order chi connectivity index (χ1) is 18.5. The number of oxime groups is 1. The van der Waals surface area contributed by atoms with Gasteiger partial charge in [-0.1, -0.05) is 19.0 Å². The summed E-state index contributed by atoms with van der Waals surface area (Å²) in [4.78, 5) is 29.9. The van der Waals surface area contributed by atoms with Crippen LogP contribution < -0.4 is 10.6 Å². The molecule has 220 valence electrons. The van der Waals surface area contributed by atoms with Gasteiger partial charge in [-0.15, -0.1) is 0 Å². The van der Waals surface area contributed by atoms with E-state index < -0.39 is 6.09 Å². The molecular weight excluding hydrogens is 494 g/mol. The second-order valence-electron chi connectivity index (χ2n) is 14.2. The lowest BCUT2D eigenvalue weighted by atomic mass is 9.44. The fraction of sp³-hybridized carbons (Fsp3) is 0.903. The summed E-state index contributed by atoms with van der Waals surface area (Å²) in [6.45, 7) is 11.1. The molecule has 39 heavy (non-hydrogen) atoms. The van der Waals surface area contributed by atoms with E-state index in [0.717, 1.165) is 43.2 Å². The van der Waals surface area contributed by atoms with Crippen molar-refractivity contribution in [3.8, 4) is 0 Å². The maximum atomic E-state index is 12.4. The Labute approximate surface area is 234 Å². The Morgan fingerprint density at radius 3 is 2.51 bits per heavy atom. The molecule has 1 amide bonds. The molecule has 0 aromatic heterocycles. The first-order valence-electron chi connectivity index (χ1n) is 15.6. The summed E-state index contributed by atoms with van der Waals surface area (Å²) in [6.07, 6.45) is 11.3. The molecule has 5 fully saturated rings. The summed E-state index contributed by atoms with van der Waals surface area (Å²) in [7, 11) is 0. The Morgan fingerprint density at radius 2 is 1.74 bits per heavy atom.